The molecule has 0 aliphatic carbocycles. The summed E-state index contributed by atoms with van der Waals surface area (Å²) in [6, 6.07) is 5.18. The van der Waals surface area contributed by atoms with Crippen LogP contribution in [-0.4, -0.2) is 18.3 Å². The van der Waals surface area contributed by atoms with Crippen LogP contribution in [0.1, 0.15) is 30.4 Å². The van der Waals surface area contributed by atoms with Gasteiger partial charge >= 0.3 is 0 Å². The highest BCUT2D eigenvalue weighted by Gasteiger charge is 2.06. The molecule has 96 valence electrons. The van der Waals surface area contributed by atoms with Crippen molar-refractivity contribution in [2.45, 2.75) is 32.4 Å². The second-order valence-corrected chi connectivity index (χ2v) is 3.93. The molecule has 1 aromatic carbocycles. The number of nitrogens with two attached hydrogens (primary N) is 1. The lowest BCUT2D eigenvalue weighted by Gasteiger charge is -2.07. The summed E-state index contributed by atoms with van der Waals surface area (Å²) in [6.07, 6.45) is 2.61. The smallest absolute Gasteiger partial charge is 0.133 e. The molecule has 0 unspecified atom stereocenters. The van der Waals surface area contributed by atoms with Gasteiger partial charge in [-0.05, 0) is 19.3 Å². The molecule has 0 saturated heterocycles. The standard InChI is InChI=1S/C13H20FNO2/c14-13-11(9-15)5-4-6-12(13)10-17-8-3-1-2-7-16/h4-6,16H,1-3,7-10,15H2. The minimum absolute atomic E-state index is 0.205. The first-order chi connectivity index (χ1) is 8.29. The number of unbranched alkanes of at least 4 members (excludes halogenated alkanes) is 2. The number of hydrogen-bond donors (Lipinski definition) is 2. The Labute approximate surface area is 101 Å². The number of aliphatic hydroxyl groups excluding tert-OH is 1. The number of aliphatic hydroxyl groups is 1. The minimum Gasteiger partial charge on any atom is -0.396 e. The Morgan fingerprint density at radius 3 is 2.65 bits per heavy atom. The van der Waals surface area contributed by atoms with Gasteiger partial charge in [-0.2, -0.15) is 0 Å². The molecule has 17 heavy (non-hydrogen) atoms. The van der Waals surface area contributed by atoms with Gasteiger partial charge in [-0.15, -0.1) is 0 Å². The highest BCUT2D eigenvalue weighted by Crippen LogP contribution is 2.13. The summed E-state index contributed by atoms with van der Waals surface area (Å²) >= 11 is 0. The highest BCUT2D eigenvalue weighted by molar-refractivity contribution is 5.25. The molecule has 0 heterocycles. The van der Waals surface area contributed by atoms with E-state index in [9.17, 15) is 4.39 Å². The van der Waals surface area contributed by atoms with Crippen LogP contribution in [0.3, 0.4) is 0 Å². The zero-order chi connectivity index (χ0) is 12.5. The molecule has 0 aliphatic rings. The number of hydrogen-bond acceptors (Lipinski definition) is 3. The third-order valence-electron chi connectivity index (χ3n) is 2.58. The molecule has 1 rings (SSSR count). The Morgan fingerprint density at radius 1 is 1.18 bits per heavy atom. The van der Waals surface area contributed by atoms with Crippen LogP contribution in [0.25, 0.3) is 0 Å². The molecule has 0 aliphatic heterocycles. The van der Waals surface area contributed by atoms with Crippen LogP contribution in [0.4, 0.5) is 4.39 Å². The summed E-state index contributed by atoms with van der Waals surface area (Å²) in [5, 5.41) is 8.59. The first kappa shape index (κ1) is 14.1. The summed E-state index contributed by atoms with van der Waals surface area (Å²) in [4.78, 5) is 0. The summed E-state index contributed by atoms with van der Waals surface area (Å²) in [6.45, 7) is 1.29. The second-order valence-electron chi connectivity index (χ2n) is 3.93. The van der Waals surface area contributed by atoms with Gasteiger partial charge in [0.05, 0.1) is 6.61 Å². The van der Waals surface area contributed by atoms with Crippen molar-refractivity contribution in [1.82, 2.24) is 0 Å². The lowest BCUT2D eigenvalue weighted by Crippen LogP contribution is -2.04. The molecule has 3 N–H and O–H groups in total. The molecule has 3 nitrogen and oxygen atoms in total. The van der Waals surface area contributed by atoms with E-state index in [1.54, 1.807) is 18.2 Å². The minimum atomic E-state index is -0.259. The molecule has 0 atom stereocenters. The maximum atomic E-state index is 13.7. The third-order valence-corrected chi connectivity index (χ3v) is 2.58. The van der Waals surface area contributed by atoms with Crippen LogP contribution in [0.2, 0.25) is 0 Å². The third kappa shape index (κ3) is 4.81. The zero-order valence-electron chi connectivity index (χ0n) is 9.99. The van der Waals surface area contributed by atoms with Gasteiger partial charge in [-0.1, -0.05) is 18.2 Å². The normalized spacial score (nSPS) is 10.8. The Morgan fingerprint density at radius 2 is 1.94 bits per heavy atom. The van der Waals surface area contributed by atoms with Crippen molar-refractivity contribution in [3.8, 4) is 0 Å². The molecule has 0 spiro atoms. The maximum absolute atomic E-state index is 13.7. The van der Waals surface area contributed by atoms with Crippen LogP contribution in [0, 0.1) is 5.82 Å². The van der Waals surface area contributed by atoms with Gasteiger partial charge in [0.2, 0.25) is 0 Å². The van der Waals surface area contributed by atoms with Crippen molar-refractivity contribution in [3.63, 3.8) is 0 Å². The van der Waals surface area contributed by atoms with E-state index >= 15 is 0 Å². The second kappa shape index (κ2) is 8.17. The zero-order valence-corrected chi connectivity index (χ0v) is 9.99. The Hall–Kier alpha value is -0.970. The number of ether oxygens (including phenoxy) is 1. The molecule has 0 amide bonds. The molecule has 0 aromatic heterocycles. The number of rotatable bonds is 8. The summed E-state index contributed by atoms with van der Waals surface area (Å²) in [7, 11) is 0. The van der Waals surface area contributed by atoms with Crippen LogP contribution in [0.5, 0.6) is 0 Å². The van der Waals surface area contributed by atoms with E-state index in [4.69, 9.17) is 15.6 Å². The Balaban J connectivity index is 2.31. The van der Waals surface area contributed by atoms with Crippen molar-refractivity contribution in [1.29, 1.82) is 0 Å². The van der Waals surface area contributed by atoms with Gasteiger partial charge in [0, 0.05) is 30.9 Å². The monoisotopic (exact) mass is 241 g/mol. The molecule has 0 radical (unpaired) electrons. The quantitative estimate of drug-likeness (QED) is 0.684. The van der Waals surface area contributed by atoms with Gasteiger partial charge in [-0.3, -0.25) is 0 Å². The topological polar surface area (TPSA) is 55.5 Å². The Bertz CT molecular complexity index is 331. The van der Waals surface area contributed by atoms with E-state index in [1.165, 1.54) is 0 Å². The van der Waals surface area contributed by atoms with Gasteiger partial charge in [-0.25, -0.2) is 4.39 Å². The van der Waals surface area contributed by atoms with Crippen LogP contribution in [0.15, 0.2) is 18.2 Å². The molecule has 0 fully saturated rings. The van der Waals surface area contributed by atoms with Gasteiger partial charge < -0.3 is 15.6 Å². The predicted molar refractivity (Wildman–Crippen MR) is 64.9 cm³/mol. The van der Waals surface area contributed by atoms with E-state index in [0.29, 0.717) is 17.7 Å². The van der Waals surface area contributed by atoms with Crippen molar-refractivity contribution < 1.29 is 14.2 Å². The maximum Gasteiger partial charge on any atom is 0.133 e. The van der Waals surface area contributed by atoms with E-state index in [1.807, 2.05) is 0 Å². The predicted octanol–water partition coefficient (Wildman–Crippen LogP) is 1.96. The molecular formula is C13H20FNO2. The molecule has 0 bridgehead atoms. The van der Waals surface area contributed by atoms with E-state index < -0.39 is 0 Å². The summed E-state index contributed by atoms with van der Waals surface area (Å²) in [5.41, 5.74) is 6.50. The largest absolute Gasteiger partial charge is 0.396 e. The fourth-order valence-electron chi connectivity index (χ4n) is 1.58. The van der Waals surface area contributed by atoms with Gasteiger partial charge in [0.1, 0.15) is 5.82 Å². The first-order valence-electron chi connectivity index (χ1n) is 5.94. The summed E-state index contributed by atoms with van der Waals surface area (Å²) < 4.78 is 19.1. The van der Waals surface area contributed by atoms with E-state index in [0.717, 1.165) is 19.3 Å². The average molecular weight is 241 g/mol. The lowest BCUT2D eigenvalue weighted by atomic mass is 10.1. The van der Waals surface area contributed by atoms with E-state index in [-0.39, 0.29) is 25.6 Å². The van der Waals surface area contributed by atoms with Crippen LogP contribution < -0.4 is 5.73 Å². The van der Waals surface area contributed by atoms with Gasteiger partial charge in [0.15, 0.2) is 0 Å². The first-order valence-corrected chi connectivity index (χ1v) is 5.94. The molecule has 1 aromatic rings. The average Bonchev–Trinajstić information content (AvgIpc) is 2.35. The molecular weight excluding hydrogens is 221 g/mol. The fourth-order valence-corrected chi connectivity index (χ4v) is 1.58. The summed E-state index contributed by atoms with van der Waals surface area (Å²) in [5.74, 6) is -0.259. The lowest BCUT2D eigenvalue weighted by molar-refractivity contribution is 0.113. The fraction of sp³-hybridized carbons (Fsp3) is 0.538. The van der Waals surface area contributed by atoms with Crippen LogP contribution >= 0.6 is 0 Å². The Kier molecular flexibility index (Phi) is 6.77. The van der Waals surface area contributed by atoms with Crippen molar-refractivity contribution in [3.05, 3.63) is 35.1 Å². The van der Waals surface area contributed by atoms with Crippen LogP contribution in [-0.2, 0) is 17.9 Å². The van der Waals surface area contributed by atoms with E-state index in [2.05, 4.69) is 0 Å². The van der Waals surface area contributed by atoms with Crippen molar-refractivity contribution >= 4 is 0 Å². The highest BCUT2D eigenvalue weighted by atomic mass is 19.1. The number of benzene rings is 1. The molecule has 0 saturated carbocycles. The van der Waals surface area contributed by atoms with Gasteiger partial charge in [0.25, 0.3) is 0 Å². The van der Waals surface area contributed by atoms with Crippen molar-refractivity contribution in [2.75, 3.05) is 13.2 Å². The SMILES string of the molecule is NCc1cccc(COCCCCCO)c1F. The number of halogens is 1. The molecule has 4 heteroatoms. The van der Waals surface area contributed by atoms with Crippen molar-refractivity contribution in [2.24, 2.45) is 5.73 Å².